The second-order valence-corrected chi connectivity index (χ2v) is 9.05. The Hall–Kier alpha value is -2.70. The molecule has 0 spiro atoms. The van der Waals surface area contributed by atoms with Gasteiger partial charge in [0.15, 0.2) is 5.60 Å². The van der Waals surface area contributed by atoms with Crippen LogP contribution in [0.2, 0.25) is 0 Å². The van der Waals surface area contributed by atoms with Crippen LogP contribution in [0, 0.1) is 6.92 Å². The van der Waals surface area contributed by atoms with Crippen LogP contribution in [0.5, 0.6) is 0 Å². The Labute approximate surface area is 190 Å². The van der Waals surface area contributed by atoms with Gasteiger partial charge in [-0.05, 0) is 36.5 Å². The third-order valence-electron chi connectivity index (χ3n) is 6.29. The molecule has 0 aliphatic carbocycles. The number of aryl methyl sites for hydroxylation is 1. The minimum absolute atomic E-state index is 0.0310. The molecule has 2 atom stereocenters. The molecule has 0 N–H and O–H groups in total. The van der Waals surface area contributed by atoms with Crippen molar-refractivity contribution in [3.05, 3.63) is 59.7 Å². The summed E-state index contributed by atoms with van der Waals surface area (Å²) in [5, 5.41) is 0. The fourth-order valence-corrected chi connectivity index (χ4v) is 4.64. The van der Waals surface area contributed by atoms with E-state index in [0.29, 0.717) is 26.2 Å². The Kier molecular flexibility index (Phi) is 6.63. The summed E-state index contributed by atoms with van der Waals surface area (Å²) in [5.41, 5.74) is 3.42. The molecule has 32 heavy (non-hydrogen) atoms. The van der Waals surface area contributed by atoms with Crippen molar-refractivity contribution in [3.8, 4) is 11.1 Å². The number of ether oxygens (including phenoxy) is 2. The average Bonchev–Trinajstić information content (AvgIpc) is 3.33. The van der Waals surface area contributed by atoms with Crippen LogP contribution in [0.3, 0.4) is 0 Å². The highest BCUT2D eigenvalue weighted by Crippen LogP contribution is 2.29. The molecule has 2 saturated heterocycles. The van der Waals surface area contributed by atoms with Gasteiger partial charge in [-0.15, -0.1) is 0 Å². The number of benzene rings is 2. The van der Waals surface area contributed by atoms with Crippen molar-refractivity contribution in [1.82, 2.24) is 9.80 Å². The molecule has 0 unspecified atom stereocenters. The molecule has 2 fully saturated rings. The van der Waals surface area contributed by atoms with Gasteiger partial charge >= 0.3 is 0 Å². The predicted molar refractivity (Wildman–Crippen MR) is 123 cm³/mol. The number of hydrogen-bond acceptors (Lipinski definition) is 4. The number of hydrogen-bond donors (Lipinski definition) is 0. The highest BCUT2D eigenvalue weighted by atomic mass is 16.5. The average molecular weight is 437 g/mol. The van der Waals surface area contributed by atoms with E-state index < -0.39 is 11.7 Å². The Balaban J connectivity index is 1.56. The molecule has 0 bridgehead atoms. The van der Waals surface area contributed by atoms with Gasteiger partial charge in [0.1, 0.15) is 6.10 Å². The van der Waals surface area contributed by atoms with Crippen LogP contribution < -0.4 is 0 Å². The zero-order valence-corrected chi connectivity index (χ0v) is 19.2. The van der Waals surface area contributed by atoms with Crippen molar-refractivity contribution >= 4 is 11.8 Å². The summed E-state index contributed by atoms with van der Waals surface area (Å²) >= 11 is 0. The Morgan fingerprint density at radius 1 is 1.09 bits per heavy atom. The van der Waals surface area contributed by atoms with Gasteiger partial charge in [0.25, 0.3) is 11.8 Å². The SMILES string of the molecule is Cc1cccc(-c2ccc(C[C@@]3(C(=O)N(C)C)CN(C(=O)[C@H]4CCCO4)CCO3)cc2)c1. The largest absolute Gasteiger partial charge is 0.368 e. The van der Waals surface area contributed by atoms with Gasteiger partial charge in [0.05, 0.1) is 13.2 Å². The van der Waals surface area contributed by atoms with Gasteiger partial charge in [0, 0.05) is 33.7 Å². The molecule has 2 heterocycles. The molecule has 2 aromatic rings. The molecule has 0 aromatic heterocycles. The smallest absolute Gasteiger partial charge is 0.256 e. The number of amides is 2. The van der Waals surface area contributed by atoms with Crippen LogP contribution in [-0.4, -0.2) is 73.7 Å². The molecule has 6 nitrogen and oxygen atoms in total. The van der Waals surface area contributed by atoms with Crippen molar-refractivity contribution < 1.29 is 19.1 Å². The zero-order chi connectivity index (χ0) is 22.7. The molecule has 0 saturated carbocycles. The first-order valence-corrected chi connectivity index (χ1v) is 11.3. The normalized spacial score (nSPS) is 23.2. The van der Waals surface area contributed by atoms with Crippen LogP contribution >= 0.6 is 0 Å². The van der Waals surface area contributed by atoms with E-state index >= 15 is 0 Å². The number of nitrogens with zero attached hydrogens (tertiary/aromatic N) is 2. The van der Waals surface area contributed by atoms with E-state index in [1.807, 2.05) is 12.1 Å². The van der Waals surface area contributed by atoms with Crippen molar-refractivity contribution in [3.63, 3.8) is 0 Å². The quantitative estimate of drug-likeness (QED) is 0.723. The van der Waals surface area contributed by atoms with E-state index in [4.69, 9.17) is 9.47 Å². The molecule has 2 aromatic carbocycles. The van der Waals surface area contributed by atoms with Gasteiger partial charge < -0.3 is 19.3 Å². The predicted octanol–water partition coefficient (Wildman–Crippen LogP) is 3.07. The molecular weight excluding hydrogens is 404 g/mol. The standard InChI is InChI=1S/C26H32N2O4/c1-19-6-4-7-22(16-19)21-11-9-20(10-12-21)17-26(25(30)27(2)3)18-28(13-15-32-26)24(29)23-8-5-14-31-23/h4,6-7,9-12,16,23H,5,8,13-15,17-18H2,1-3H3/t23-,26+/m1/s1. The summed E-state index contributed by atoms with van der Waals surface area (Å²) in [6.45, 7) is 3.75. The topological polar surface area (TPSA) is 59.1 Å². The first-order valence-electron chi connectivity index (χ1n) is 11.3. The van der Waals surface area contributed by atoms with Crippen LogP contribution in [0.4, 0.5) is 0 Å². The molecule has 2 aliphatic heterocycles. The Morgan fingerprint density at radius 3 is 2.53 bits per heavy atom. The third kappa shape index (κ3) is 4.71. The molecule has 0 radical (unpaired) electrons. The minimum atomic E-state index is -1.10. The van der Waals surface area contributed by atoms with Gasteiger partial charge in [-0.25, -0.2) is 0 Å². The number of carbonyl (C=O) groups is 2. The lowest BCUT2D eigenvalue weighted by Crippen LogP contribution is -2.62. The third-order valence-corrected chi connectivity index (χ3v) is 6.29. The van der Waals surface area contributed by atoms with Crippen LogP contribution in [0.25, 0.3) is 11.1 Å². The van der Waals surface area contributed by atoms with Gasteiger partial charge in [-0.3, -0.25) is 9.59 Å². The summed E-state index contributed by atoms with van der Waals surface area (Å²) < 4.78 is 11.7. The second kappa shape index (κ2) is 9.43. The molecule has 2 amide bonds. The molecular formula is C26H32N2O4. The highest BCUT2D eigenvalue weighted by Gasteiger charge is 2.47. The maximum absolute atomic E-state index is 13.3. The molecule has 170 valence electrons. The number of rotatable bonds is 5. The number of carbonyl (C=O) groups excluding carboxylic acids is 2. The summed E-state index contributed by atoms with van der Waals surface area (Å²) in [7, 11) is 3.46. The lowest BCUT2D eigenvalue weighted by molar-refractivity contribution is -0.175. The first-order chi connectivity index (χ1) is 15.4. The van der Waals surface area contributed by atoms with Gasteiger partial charge in [-0.1, -0.05) is 54.1 Å². The fourth-order valence-electron chi connectivity index (χ4n) is 4.64. The summed E-state index contributed by atoms with van der Waals surface area (Å²) in [6.07, 6.45) is 1.66. The van der Waals surface area contributed by atoms with Crippen LogP contribution in [-0.2, 0) is 25.5 Å². The fraction of sp³-hybridized carbons (Fsp3) is 0.462. The Bertz CT molecular complexity index is 966. The van der Waals surface area contributed by atoms with Crippen molar-refractivity contribution in [2.75, 3.05) is 40.4 Å². The minimum Gasteiger partial charge on any atom is -0.368 e. The van der Waals surface area contributed by atoms with Crippen molar-refractivity contribution in [1.29, 1.82) is 0 Å². The maximum atomic E-state index is 13.3. The summed E-state index contributed by atoms with van der Waals surface area (Å²) in [5.74, 6) is -0.151. The highest BCUT2D eigenvalue weighted by molar-refractivity contribution is 5.88. The first kappa shape index (κ1) is 22.5. The van der Waals surface area contributed by atoms with E-state index in [0.717, 1.165) is 29.5 Å². The van der Waals surface area contributed by atoms with E-state index in [9.17, 15) is 9.59 Å². The number of likely N-dealkylation sites (N-methyl/N-ethyl adjacent to an activating group) is 1. The van der Waals surface area contributed by atoms with Gasteiger partial charge in [0.2, 0.25) is 0 Å². The van der Waals surface area contributed by atoms with E-state index in [-0.39, 0.29) is 18.4 Å². The van der Waals surface area contributed by atoms with E-state index in [1.165, 1.54) is 5.56 Å². The lowest BCUT2D eigenvalue weighted by Gasteiger charge is -2.43. The molecule has 2 aliphatic rings. The monoisotopic (exact) mass is 436 g/mol. The van der Waals surface area contributed by atoms with Crippen LogP contribution in [0.1, 0.15) is 24.0 Å². The second-order valence-electron chi connectivity index (χ2n) is 9.05. The van der Waals surface area contributed by atoms with E-state index in [2.05, 4.69) is 43.3 Å². The van der Waals surface area contributed by atoms with Crippen molar-refractivity contribution in [2.45, 2.75) is 37.9 Å². The van der Waals surface area contributed by atoms with Crippen LogP contribution in [0.15, 0.2) is 48.5 Å². The summed E-state index contributed by atoms with van der Waals surface area (Å²) in [6, 6.07) is 16.6. The van der Waals surface area contributed by atoms with E-state index in [1.54, 1.807) is 23.9 Å². The molecule has 4 rings (SSSR count). The lowest BCUT2D eigenvalue weighted by atomic mass is 9.89. The van der Waals surface area contributed by atoms with Gasteiger partial charge in [-0.2, -0.15) is 0 Å². The summed E-state index contributed by atoms with van der Waals surface area (Å²) in [4.78, 5) is 29.6. The number of morpholine rings is 1. The van der Waals surface area contributed by atoms with Crippen molar-refractivity contribution in [2.24, 2.45) is 0 Å². The maximum Gasteiger partial charge on any atom is 0.256 e. The molecule has 6 heteroatoms. The zero-order valence-electron chi connectivity index (χ0n) is 19.2. The Morgan fingerprint density at radius 2 is 1.88 bits per heavy atom.